The molecule has 1 aliphatic rings. The average Bonchev–Trinajstić information content (AvgIpc) is 2.46. The van der Waals surface area contributed by atoms with E-state index in [1.54, 1.807) is 11.9 Å². The Bertz CT molecular complexity index is 573. The summed E-state index contributed by atoms with van der Waals surface area (Å²) in [6.45, 7) is 1.57. The van der Waals surface area contributed by atoms with Crippen LogP contribution in [0.15, 0.2) is 12.1 Å². The van der Waals surface area contributed by atoms with Gasteiger partial charge in [-0.25, -0.2) is 9.18 Å². The van der Waals surface area contributed by atoms with Crippen LogP contribution in [-0.2, 0) is 0 Å². The Balaban J connectivity index is 2.45. The quantitative estimate of drug-likeness (QED) is 0.647. The number of hydrogen-bond acceptors (Lipinski definition) is 5. The highest BCUT2D eigenvalue weighted by atomic mass is 19.1. The minimum atomic E-state index is -1.44. The van der Waals surface area contributed by atoms with E-state index in [9.17, 15) is 19.3 Å². The van der Waals surface area contributed by atoms with Crippen LogP contribution in [-0.4, -0.2) is 42.2 Å². The Kier molecular flexibility index (Phi) is 4.37. The van der Waals surface area contributed by atoms with Gasteiger partial charge in [-0.15, -0.1) is 0 Å². The second kappa shape index (κ2) is 6.04. The predicted octanol–water partition coefficient (Wildman–Crippen LogP) is 1.62. The smallest absolute Gasteiger partial charge is 0.338 e. The van der Waals surface area contributed by atoms with Gasteiger partial charge in [-0.1, -0.05) is 0 Å². The van der Waals surface area contributed by atoms with Gasteiger partial charge < -0.3 is 15.3 Å². The van der Waals surface area contributed by atoms with Crippen LogP contribution in [0.2, 0.25) is 0 Å². The molecule has 1 aromatic carbocycles. The second-order valence-corrected chi connectivity index (χ2v) is 4.98. The number of anilines is 1. The maximum absolute atomic E-state index is 13.6. The SMILES string of the molecule is CN(c1cc(C(=O)O)c(F)cc1[N+](=O)[O-])C1CCNCC1. The molecule has 0 saturated carbocycles. The lowest BCUT2D eigenvalue weighted by molar-refractivity contribution is -0.384. The summed E-state index contributed by atoms with van der Waals surface area (Å²) < 4.78 is 13.6. The third kappa shape index (κ3) is 3.10. The first-order chi connectivity index (χ1) is 9.91. The number of halogens is 1. The molecule has 1 heterocycles. The van der Waals surface area contributed by atoms with E-state index in [0.717, 1.165) is 32.0 Å². The molecule has 8 heteroatoms. The molecule has 2 rings (SSSR count). The number of hydrogen-bond donors (Lipinski definition) is 2. The number of nitro benzene ring substituents is 1. The topological polar surface area (TPSA) is 95.7 Å². The lowest BCUT2D eigenvalue weighted by atomic mass is 10.0. The molecule has 2 N–H and O–H groups in total. The zero-order valence-corrected chi connectivity index (χ0v) is 11.5. The van der Waals surface area contributed by atoms with E-state index in [2.05, 4.69) is 5.32 Å². The van der Waals surface area contributed by atoms with Crippen molar-refractivity contribution in [2.75, 3.05) is 25.0 Å². The third-order valence-corrected chi connectivity index (χ3v) is 3.73. The molecule has 0 atom stereocenters. The van der Waals surface area contributed by atoms with Crippen molar-refractivity contribution < 1.29 is 19.2 Å². The van der Waals surface area contributed by atoms with Crippen molar-refractivity contribution in [3.8, 4) is 0 Å². The van der Waals surface area contributed by atoms with Gasteiger partial charge in [0.2, 0.25) is 0 Å². The fraction of sp³-hybridized carbons (Fsp3) is 0.462. The summed E-state index contributed by atoms with van der Waals surface area (Å²) in [5.41, 5.74) is -0.847. The summed E-state index contributed by atoms with van der Waals surface area (Å²) in [7, 11) is 1.67. The van der Waals surface area contributed by atoms with Crippen LogP contribution in [0.25, 0.3) is 0 Å². The summed E-state index contributed by atoms with van der Waals surface area (Å²) in [6.07, 6.45) is 1.57. The van der Waals surface area contributed by atoms with Gasteiger partial charge in [-0.2, -0.15) is 0 Å². The molecule has 0 unspecified atom stereocenters. The molecule has 21 heavy (non-hydrogen) atoms. The van der Waals surface area contributed by atoms with Crippen molar-refractivity contribution in [3.63, 3.8) is 0 Å². The van der Waals surface area contributed by atoms with Crippen molar-refractivity contribution in [2.24, 2.45) is 0 Å². The number of carboxylic acid groups (broad SMARTS) is 1. The molecular formula is C13H16FN3O4. The molecule has 1 aromatic rings. The zero-order chi connectivity index (χ0) is 15.6. The van der Waals surface area contributed by atoms with Crippen molar-refractivity contribution in [1.82, 2.24) is 5.32 Å². The highest BCUT2D eigenvalue weighted by molar-refractivity contribution is 5.90. The molecule has 7 nitrogen and oxygen atoms in total. The van der Waals surface area contributed by atoms with Gasteiger partial charge in [0.25, 0.3) is 5.69 Å². The highest BCUT2D eigenvalue weighted by Gasteiger charge is 2.27. The Morgan fingerprint density at radius 3 is 2.62 bits per heavy atom. The van der Waals surface area contributed by atoms with Crippen LogP contribution in [0.4, 0.5) is 15.8 Å². The number of rotatable bonds is 4. The number of aromatic carboxylic acids is 1. The maximum atomic E-state index is 13.6. The Hall–Kier alpha value is -2.22. The molecule has 1 saturated heterocycles. The number of piperidine rings is 1. The molecule has 0 aliphatic carbocycles. The second-order valence-electron chi connectivity index (χ2n) is 4.98. The normalized spacial score (nSPS) is 15.7. The molecule has 0 amide bonds. The largest absolute Gasteiger partial charge is 0.478 e. The minimum absolute atomic E-state index is 0.0528. The number of nitro groups is 1. The van der Waals surface area contributed by atoms with E-state index in [1.165, 1.54) is 0 Å². The fourth-order valence-electron chi connectivity index (χ4n) is 2.53. The predicted molar refractivity (Wildman–Crippen MR) is 74.3 cm³/mol. The molecule has 1 fully saturated rings. The van der Waals surface area contributed by atoms with E-state index in [0.29, 0.717) is 6.07 Å². The standard InChI is InChI=1S/C13H16FN3O4/c1-16(8-2-4-15-5-3-8)11-6-9(13(18)19)10(14)7-12(11)17(20)21/h6-8,15H,2-5H2,1H3,(H,18,19). The minimum Gasteiger partial charge on any atom is -0.478 e. The highest BCUT2D eigenvalue weighted by Crippen LogP contribution is 2.33. The van der Waals surface area contributed by atoms with Gasteiger partial charge in [-0.3, -0.25) is 10.1 Å². The zero-order valence-electron chi connectivity index (χ0n) is 11.5. The summed E-state index contributed by atoms with van der Waals surface area (Å²) in [6, 6.07) is 1.77. The fourth-order valence-corrected chi connectivity index (χ4v) is 2.53. The van der Waals surface area contributed by atoms with Crippen molar-refractivity contribution >= 4 is 17.3 Å². The van der Waals surface area contributed by atoms with E-state index in [1.807, 2.05) is 0 Å². The van der Waals surface area contributed by atoms with Crippen LogP contribution in [0, 0.1) is 15.9 Å². The lowest BCUT2D eigenvalue weighted by Crippen LogP contribution is -2.41. The summed E-state index contributed by atoms with van der Waals surface area (Å²) >= 11 is 0. The molecule has 0 radical (unpaired) electrons. The molecular weight excluding hydrogens is 281 g/mol. The van der Waals surface area contributed by atoms with Crippen molar-refractivity contribution in [2.45, 2.75) is 18.9 Å². The molecule has 114 valence electrons. The van der Waals surface area contributed by atoms with Crippen LogP contribution >= 0.6 is 0 Å². The molecule has 0 aromatic heterocycles. The Morgan fingerprint density at radius 1 is 1.48 bits per heavy atom. The maximum Gasteiger partial charge on any atom is 0.338 e. The van der Waals surface area contributed by atoms with Crippen molar-refractivity contribution in [3.05, 3.63) is 33.6 Å². The van der Waals surface area contributed by atoms with E-state index in [-0.39, 0.29) is 11.7 Å². The Labute approximate surface area is 120 Å². The number of carbonyl (C=O) groups is 1. The van der Waals surface area contributed by atoms with Gasteiger partial charge in [0, 0.05) is 13.1 Å². The monoisotopic (exact) mass is 297 g/mol. The van der Waals surface area contributed by atoms with E-state index >= 15 is 0 Å². The summed E-state index contributed by atoms with van der Waals surface area (Å²) in [5, 5.41) is 23.3. The number of nitrogens with one attached hydrogen (secondary N) is 1. The van der Waals surface area contributed by atoms with E-state index in [4.69, 9.17) is 5.11 Å². The van der Waals surface area contributed by atoms with Crippen LogP contribution in [0.1, 0.15) is 23.2 Å². The first-order valence-electron chi connectivity index (χ1n) is 6.56. The summed E-state index contributed by atoms with van der Waals surface area (Å²) in [5.74, 6) is -2.54. The van der Waals surface area contributed by atoms with E-state index < -0.39 is 28.0 Å². The Morgan fingerprint density at radius 2 is 2.10 bits per heavy atom. The van der Waals surface area contributed by atoms with Crippen LogP contribution < -0.4 is 10.2 Å². The molecule has 1 aliphatic heterocycles. The van der Waals surface area contributed by atoms with Gasteiger partial charge in [0.1, 0.15) is 11.5 Å². The third-order valence-electron chi connectivity index (χ3n) is 3.73. The first-order valence-corrected chi connectivity index (χ1v) is 6.56. The van der Waals surface area contributed by atoms with Gasteiger partial charge in [0.15, 0.2) is 0 Å². The van der Waals surface area contributed by atoms with Gasteiger partial charge in [-0.05, 0) is 32.0 Å². The average molecular weight is 297 g/mol. The van der Waals surface area contributed by atoms with Gasteiger partial charge in [0.05, 0.1) is 16.6 Å². The molecule has 0 bridgehead atoms. The first kappa shape index (κ1) is 15.2. The van der Waals surface area contributed by atoms with Crippen molar-refractivity contribution in [1.29, 1.82) is 0 Å². The molecule has 0 spiro atoms. The van der Waals surface area contributed by atoms with Crippen LogP contribution in [0.3, 0.4) is 0 Å². The number of carboxylic acids is 1. The van der Waals surface area contributed by atoms with Crippen LogP contribution in [0.5, 0.6) is 0 Å². The summed E-state index contributed by atoms with van der Waals surface area (Å²) in [4.78, 5) is 23.1. The number of nitrogens with zero attached hydrogens (tertiary/aromatic N) is 2. The number of benzene rings is 1. The van der Waals surface area contributed by atoms with Gasteiger partial charge >= 0.3 is 5.97 Å². The lowest BCUT2D eigenvalue weighted by Gasteiger charge is -2.33.